The molecule has 0 spiro atoms. The molecule has 0 amide bonds. The fourth-order valence-corrected chi connectivity index (χ4v) is 7.25. The molecular formula is C28H36O3. The predicted molar refractivity (Wildman–Crippen MR) is 124 cm³/mol. The van der Waals surface area contributed by atoms with Crippen molar-refractivity contribution >= 4 is 16.7 Å². The molecule has 3 heteroatoms. The summed E-state index contributed by atoms with van der Waals surface area (Å²) in [4.78, 5) is 13.6. The molecule has 2 aromatic carbocycles. The average Bonchev–Trinajstić information content (AvgIpc) is 2.71. The minimum Gasteiger partial charge on any atom is -0.459 e. The highest BCUT2D eigenvalue weighted by Gasteiger charge is 2.59. The first-order valence-electron chi connectivity index (χ1n) is 12.2. The van der Waals surface area contributed by atoms with E-state index in [1.165, 1.54) is 22.8 Å². The molecule has 0 radical (unpaired) electrons. The summed E-state index contributed by atoms with van der Waals surface area (Å²) in [7, 11) is 0. The fourth-order valence-electron chi connectivity index (χ4n) is 7.25. The Hall–Kier alpha value is -1.87. The number of rotatable bonds is 6. The van der Waals surface area contributed by atoms with Crippen LogP contribution in [0.25, 0.3) is 10.8 Å². The maximum atomic E-state index is 13.6. The molecule has 3 nitrogen and oxygen atoms in total. The predicted octanol–water partition coefficient (Wildman–Crippen LogP) is 6.38. The number of fused-ring (bicyclic) bond motifs is 1. The Morgan fingerprint density at radius 3 is 2.45 bits per heavy atom. The average molecular weight is 421 g/mol. The molecule has 4 saturated carbocycles. The van der Waals surface area contributed by atoms with Crippen LogP contribution in [0.15, 0.2) is 42.5 Å². The molecule has 4 bridgehead atoms. The number of carbonyl (C=O) groups excluding carboxylic acids is 1. The number of benzene rings is 2. The van der Waals surface area contributed by atoms with Gasteiger partial charge in [0.05, 0.1) is 11.0 Å². The zero-order valence-corrected chi connectivity index (χ0v) is 19.2. The first-order valence-corrected chi connectivity index (χ1v) is 12.2. The third-order valence-electron chi connectivity index (χ3n) is 8.66. The van der Waals surface area contributed by atoms with Crippen LogP contribution in [0.4, 0.5) is 0 Å². The Kier molecular flexibility index (Phi) is 4.97. The normalized spacial score (nSPS) is 34.5. The highest BCUT2D eigenvalue weighted by atomic mass is 16.6. The third kappa shape index (κ3) is 3.80. The molecule has 4 atom stereocenters. The summed E-state index contributed by atoms with van der Waals surface area (Å²) in [5, 5.41) is 13.5. The molecule has 4 aliphatic rings. The molecule has 31 heavy (non-hydrogen) atoms. The zero-order valence-electron chi connectivity index (χ0n) is 19.2. The SMILES string of the molecule is CCC(C)(CC(C)c1ccc2ccccc2c1)C(=O)OC12CC3CC(CC(O)(C3)C1)C2. The quantitative estimate of drug-likeness (QED) is 0.552. The summed E-state index contributed by atoms with van der Waals surface area (Å²) in [6.07, 6.45) is 7.05. The smallest absolute Gasteiger partial charge is 0.312 e. The maximum absolute atomic E-state index is 13.6. The Balaban J connectivity index is 1.33. The number of aliphatic hydroxyl groups is 1. The van der Waals surface area contributed by atoms with Crippen molar-refractivity contribution in [3.63, 3.8) is 0 Å². The van der Waals surface area contributed by atoms with Crippen LogP contribution in [-0.2, 0) is 9.53 Å². The first kappa shape index (κ1) is 21.0. The number of hydrogen-bond acceptors (Lipinski definition) is 3. The highest BCUT2D eigenvalue weighted by Crippen LogP contribution is 2.59. The van der Waals surface area contributed by atoms with Gasteiger partial charge in [0, 0.05) is 6.42 Å². The van der Waals surface area contributed by atoms with Crippen molar-refractivity contribution in [3.05, 3.63) is 48.0 Å². The van der Waals surface area contributed by atoms with Crippen LogP contribution in [0.3, 0.4) is 0 Å². The monoisotopic (exact) mass is 420 g/mol. The molecular weight excluding hydrogens is 384 g/mol. The molecule has 1 N–H and O–H groups in total. The molecule has 0 saturated heterocycles. The lowest BCUT2D eigenvalue weighted by molar-refractivity contribution is -0.226. The van der Waals surface area contributed by atoms with Gasteiger partial charge in [-0.3, -0.25) is 4.79 Å². The number of carbonyl (C=O) groups is 1. The molecule has 0 heterocycles. The van der Waals surface area contributed by atoms with Gasteiger partial charge in [0.2, 0.25) is 0 Å². The van der Waals surface area contributed by atoms with E-state index < -0.39 is 16.6 Å². The van der Waals surface area contributed by atoms with Gasteiger partial charge in [0.1, 0.15) is 5.60 Å². The van der Waals surface area contributed by atoms with Gasteiger partial charge in [-0.05, 0) is 86.0 Å². The second-order valence-corrected chi connectivity index (χ2v) is 11.4. The van der Waals surface area contributed by atoms with Crippen LogP contribution >= 0.6 is 0 Å². The zero-order chi connectivity index (χ0) is 21.9. The van der Waals surface area contributed by atoms with Gasteiger partial charge in [-0.2, -0.15) is 0 Å². The number of ether oxygens (including phenoxy) is 1. The summed E-state index contributed by atoms with van der Waals surface area (Å²) in [6.45, 7) is 6.39. The molecule has 4 aliphatic carbocycles. The van der Waals surface area contributed by atoms with E-state index >= 15 is 0 Å². The molecule has 166 valence electrons. The Labute approximate surface area is 186 Å². The van der Waals surface area contributed by atoms with Crippen LogP contribution in [0.2, 0.25) is 0 Å². The van der Waals surface area contributed by atoms with Crippen molar-refractivity contribution in [2.45, 2.75) is 89.3 Å². The Morgan fingerprint density at radius 1 is 1.13 bits per heavy atom. The largest absolute Gasteiger partial charge is 0.459 e. The lowest BCUT2D eigenvalue weighted by atomic mass is 9.52. The van der Waals surface area contributed by atoms with Gasteiger partial charge in [-0.1, -0.05) is 56.3 Å². The summed E-state index contributed by atoms with van der Waals surface area (Å²) in [5.74, 6) is 1.24. The minimum absolute atomic E-state index is 0.0619. The van der Waals surface area contributed by atoms with Crippen LogP contribution in [0.1, 0.15) is 83.6 Å². The van der Waals surface area contributed by atoms with Crippen LogP contribution in [0, 0.1) is 17.3 Å². The summed E-state index contributed by atoms with van der Waals surface area (Å²) >= 11 is 0. The molecule has 4 fully saturated rings. The molecule has 6 rings (SSSR count). The van der Waals surface area contributed by atoms with Crippen LogP contribution < -0.4 is 0 Å². The van der Waals surface area contributed by atoms with Crippen molar-refractivity contribution in [2.24, 2.45) is 17.3 Å². The van der Waals surface area contributed by atoms with E-state index in [1.807, 2.05) is 0 Å². The Morgan fingerprint density at radius 2 is 1.81 bits per heavy atom. The van der Waals surface area contributed by atoms with Crippen molar-refractivity contribution in [2.75, 3.05) is 0 Å². The highest BCUT2D eigenvalue weighted by molar-refractivity contribution is 5.83. The minimum atomic E-state index is -0.606. The second kappa shape index (κ2) is 7.33. The van der Waals surface area contributed by atoms with Crippen molar-refractivity contribution < 1.29 is 14.6 Å². The van der Waals surface area contributed by atoms with Crippen molar-refractivity contribution in [1.82, 2.24) is 0 Å². The first-order chi connectivity index (χ1) is 14.7. The van der Waals surface area contributed by atoms with E-state index in [-0.39, 0.29) is 11.9 Å². The van der Waals surface area contributed by atoms with E-state index in [4.69, 9.17) is 4.74 Å². The van der Waals surface area contributed by atoms with Crippen molar-refractivity contribution in [1.29, 1.82) is 0 Å². The lowest BCUT2D eigenvalue weighted by Crippen LogP contribution is -2.61. The van der Waals surface area contributed by atoms with E-state index in [1.54, 1.807) is 0 Å². The summed E-state index contributed by atoms with van der Waals surface area (Å²) in [6, 6.07) is 15.1. The fraction of sp³-hybridized carbons (Fsp3) is 0.607. The van der Waals surface area contributed by atoms with E-state index in [9.17, 15) is 9.90 Å². The molecule has 0 aromatic heterocycles. The molecule has 0 aliphatic heterocycles. The summed E-state index contributed by atoms with van der Waals surface area (Å²) in [5.41, 5.74) is -0.281. The summed E-state index contributed by atoms with van der Waals surface area (Å²) < 4.78 is 6.38. The van der Waals surface area contributed by atoms with Crippen LogP contribution in [-0.4, -0.2) is 22.3 Å². The Bertz CT molecular complexity index is 981. The third-order valence-corrected chi connectivity index (χ3v) is 8.66. The van der Waals surface area contributed by atoms with Gasteiger partial charge < -0.3 is 9.84 Å². The molecule has 4 unspecified atom stereocenters. The molecule has 2 aromatic rings. The van der Waals surface area contributed by atoms with Gasteiger partial charge in [-0.25, -0.2) is 0 Å². The maximum Gasteiger partial charge on any atom is 0.312 e. The van der Waals surface area contributed by atoms with Crippen LogP contribution in [0.5, 0.6) is 0 Å². The van der Waals surface area contributed by atoms with Gasteiger partial charge in [0.15, 0.2) is 0 Å². The van der Waals surface area contributed by atoms with E-state index in [2.05, 4.69) is 63.2 Å². The second-order valence-electron chi connectivity index (χ2n) is 11.4. The van der Waals surface area contributed by atoms with Gasteiger partial charge in [0.25, 0.3) is 0 Å². The standard InChI is InChI=1S/C28H36O3/c1-4-26(3,13-19(2)23-10-9-22-7-5-6-8-24(22)12-23)25(29)31-28-16-20-11-21(17-28)15-27(30,14-20)18-28/h5-10,12,19-21,30H,4,11,13-18H2,1-3H3. The van der Waals surface area contributed by atoms with E-state index in [0.717, 1.165) is 38.5 Å². The number of esters is 1. The topological polar surface area (TPSA) is 46.5 Å². The lowest BCUT2D eigenvalue weighted by Gasteiger charge is -2.59. The number of hydrogen-bond donors (Lipinski definition) is 1. The van der Waals surface area contributed by atoms with Gasteiger partial charge in [-0.15, -0.1) is 0 Å². The van der Waals surface area contributed by atoms with E-state index in [0.29, 0.717) is 18.3 Å². The van der Waals surface area contributed by atoms with Crippen molar-refractivity contribution in [3.8, 4) is 0 Å². The van der Waals surface area contributed by atoms with Gasteiger partial charge >= 0.3 is 5.97 Å².